The average Bonchev–Trinajstić information content (AvgIpc) is 3.09. The molecule has 0 fully saturated rings. The molecule has 3 aromatic rings. The van der Waals surface area contributed by atoms with E-state index in [4.69, 9.17) is 20.9 Å². The van der Waals surface area contributed by atoms with Crippen LogP contribution in [-0.4, -0.2) is 22.7 Å². The first-order valence-electron chi connectivity index (χ1n) is 7.32. The van der Waals surface area contributed by atoms with E-state index in [0.717, 1.165) is 0 Å². The summed E-state index contributed by atoms with van der Waals surface area (Å²) < 4.78 is 38.5. The molecular weight excluding hydrogens is 370 g/mol. The van der Waals surface area contributed by atoms with E-state index >= 15 is 0 Å². The summed E-state index contributed by atoms with van der Waals surface area (Å²) in [5, 5.41) is 4.38. The first-order chi connectivity index (χ1) is 12.5. The molecule has 0 spiro atoms. The molecule has 2 aromatic carbocycles. The van der Waals surface area contributed by atoms with Gasteiger partial charge in [-0.05, 0) is 48.5 Å². The van der Waals surface area contributed by atoms with E-state index in [2.05, 4.69) is 14.9 Å². The van der Waals surface area contributed by atoms with Gasteiger partial charge in [-0.15, -0.1) is 0 Å². The largest absolute Gasteiger partial charge is 0.452 e. The zero-order valence-electron chi connectivity index (χ0n) is 13.1. The van der Waals surface area contributed by atoms with Crippen LogP contribution in [0.3, 0.4) is 0 Å². The summed E-state index contributed by atoms with van der Waals surface area (Å²) >= 11 is 5.81. The molecule has 0 aliphatic heterocycles. The fourth-order valence-corrected chi connectivity index (χ4v) is 2.14. The van der Waals surface area contributed by atoms with Crippen LogP contribution < -0.4 is 4.74 Å². The van der Waals surface area contributed by atoms with E-state index in [0.29, 0.717) is 16.4 Å². The van der Waals surface area contributed by atoms with Crippen LogP contribution in [0.2, 0.25) is 5.02 Å². The van der Waals surface area contributed by atoms with Gasteiger partial charge in [0.15, 0.2) is 6.61 Å². The van der Waals surface area contributed by atoms with Crippen LogP contribution in [0.4, 0.5) is 8.78 Å². The third-order valence-electron chi connectivity index (χ3n) is 3.21. The van der Waals surface area contributed by atoms with Gasteiger partial charge in [-0.2, -0.15) is 13.8 Å². The van der Waals surface area contributed by atoms with E-state index in [1.807, 2.05) is 0 Å². The van der Waals surface area contributed by atoms with Crippen molar-refractivity contribution in [2.75, 3.05) is 0 Å². The molecule has 0 unspecified atom stereocenters. The quantitative estimate of drug-likeness (QED) is 0.592. The Morgan fingerprint density at radius 2 is 1.81 bits per heavy atom. The number of aromatic nitrogens is 2. The lowest BCUT2D eigenvalue weighted by molar-refractivity contribution is -0.0498. The van der Waals surface area contributed by atoms with Crippen molar-refractivity contribution in [3.63, 3.8) is 0 Å². The summed E-state index contributed by atoms with van der Waals surface area (Å²) in [6.45, 7) is -3.16. The van der Waals surface area contributed by atoms with E-state index in [-0.39, 0.29) is 23.8 Å². The van der Waals surface area contributed by atoms with Crippen molar-refractivity contribution in [1.29, 1.82) is 0 Å². The highest BCUT2D eigenvalue weighted by Gasteiger charge is 2.13. The predicted molar refractivity (Wildman–Crippen MR) is 86.9 cm³/mol. The monoisotopic (exact) mass is 380 g/mol. The number of carbonyl (C=O) groups is 1. The van der Waals surface area contributed by atoms with Crippen molar-refractivity contribution < 1.29 is 27.6 Å². The lowest BCUT2D eigenvalue weighted by Crippen LogP contribution is -2.06. The lowest BCUT2D eigenvalue weighted by Gasteiger charge is -2.05. The van der Waals surface area contributed by atoms with Crippen LogP contribution in [-0.2, 0) is 11.3 Å². The Bertz CT molecular complexity index is 883. The van der Waals surface area contributed by atoms with Gasteiger partial charge in [-0.1, -0.05) is 16.8 Å². The van der Waals surface area contributed by atoms with Gasteiger partial charge in [0.05, 0.1) is 5.56 Å². The number of alkyl halides is 2. The standard InChI is InChI=1S/C17H11ClF2N2O4/c18-12-5-1-10(2-6-12)15-21-14(26-22-15)9-24-16(23)11-3-7-13(8-4-11)25-17(19)20/h1-8,17H,9H2. The van der Waals surface area contributed by atoms with Crippen LogP contribution in [0.5, 0.6) is 5.75 Å². The Morgan fingerprint density at radius 1 is 1.12 bits per heavy atom. The topological polar surface area (TPSA) is 74.5 Å². The normalized spacial score (nSPS) is 10.8. The minimum atomic E-state index is -2.93. The molecule has 0 atom stereocenters. The van der Waals surface area contributed by atoms with Crippen LogP contribution in [0.15, 0.2) is 53.1 Å². The number of halogens is 3. The summed E-state index contributed by atoms with van der Waals surface area (Å²) in [6.07, 6.45) is 0. The third-order valence-corrected chi connectivity index (χ3v) is 3.46. The highest BCUT2D eigenvalue weighted by molar-refractivity contribution is 6.30. The minimum Gasteiger partial charge on any atom is -0.452 e. The van der Waals surface area contributed by atoms with Crippen molar-refractivity contribution in [2.24, 2.45) is 0 Å². The van der Waals surface area contributed by atoms with Crippen molar-refractivity contribution in [2.45, 2.75) is 13.2 Å². The van der Waals surface area contributed by atoms with Gasteiger partial charge < -0.3 is 14.0 Å². The molecule has 0 aliphatic carbocycles. The number of ether oxygens (including phenoxy) is 2. The Hall–Kier alpha value is -3.00. The Kier molecular flexibility index (Phi) is 5.43. The summed E-state index contributed by atoms with van der Waals surface area (Å²) in [5.41, 5.74) is 0.870. The second kappa shape index (κ2) is 7.92. The smallest absolute Gasteiger partial charge is 0.387 e. The van der Waals surface area contributed by atoms with E-state index < -0.39 is 12.6 Å². The molecule has 0 amide bonds. The van der Waals surface area contributed by atoms with Gasteiger partial charge >= 0.3 is 12.6 Å². The van der Waals surface area contributed by atoms with Crippen LogP contribution in [0.25, 0.3) is 11.4 Å². The second-order valence-corrected chi connectivity index (χ2v) is 5.43. The summed E-state index contributed by atoms with van der Waals surface area (Å²) in [4.78, 5) is 16.1. The van der Waals surface area contributed by atoms with Gasteiger partial charge in [0, 0.05) is 10.6 Å². The Labute approximate surface area is 151 Å². The molecule has 134 valence electrons. The number of hydrogen-bond acceptors (Lipinski definition) is 6. The number of nitrogens with zero attached hydrogens (tertiary/aromatic N) is 2. The van der Waals surface area contributed by atoms with Crippen molar-refractivity contribution in [1.82, 2.24) is 10.1 Å². The van der Waals surface area contributed by atoms with Crippen molar-refractivity contribution in [3.05, 3.63) is 65.0 Å². The second-order valence-electron chi connectivity index (χ2n) is 5.00. The number of benzene rings is 2. The highest BCUT2D eigenvalue weighted by atomic mass is 35.5. The maximum atomic E-state index is 12.1. The van der Waals surface area contributed by atoms with E-state index in [9.17, 15) is 13.6 Å². The van der Waals surface area contributed by atoms with E-state index in [1.165, 1.54) is 24.3 Å². The molecule has 1 heterocycles. The van der Waals surface area contributed by atoms with Crippen molar-refractivity contribution in [3.8, 4) is 17.1 Å². The number of esters is 1. The minimum absolute atomic E-state index is 0.0546. The fourth-order valence-electron chi connectivity index (χ4n) is 2.01. The maximum Gasteiger partial charge on any atom is 0.387 e. The number of hydrogen-bond donors (Lipinski definition) is 0. The van der Waals surface area contributed by atoms with Gasteiger partial charge in [0.25, 0.3) is 5.89 Å². The Balaban J connectivity index is 1.58. The number of carbonyl (C=O) groups excluding carboxylic acids is 1. The third kappa shape index (κ3) is 4.54. The molecule has 0 aliphatic rings. The summed E-state index contributed by atoms with van der Waals surface area (Å²) in [5.74, 6) is -0.275. The molecule has 0 saturated carbocycles. The van der Waals surface area contributed by atoms with Gasteiger partial charge in [-0.3, -0.25) is 0 Å². The molecule has 9 heteroatoms. The Morgan fingerprint density at radius 3 is 2.46 bits per heavy atom. The first-order valence-corrected chi connectivity index (χ1v) is 7.69. The lowest BCUT2D eigenvalue weighted by atomic mass is 10.2. The molecule has 0 saturated heterocycles. The van der Waals surface area contributed by atoms with Gasteiger partial charge in [0.1, 0.15) is 5.75 Å². The zero-order valence-corrected chi connectivity index (χ0v) is 13.8. The maximum absolute atomic E-state index is 12.1. The fraction of sp³-hybridized carbons (Fsp3) is 0.118. The molecular formula is C17H11ClF2N2O4. The van der Waals surface area contributed by atoms with Crippen LogP contribution in [0, 0.1) is 0 Å². The molecule has 0 N–H and O–H groups in total. The molecule has 6 nitrogen and oxygen atoms in total. The van der Waals surface area contributed by atoms with E-state index in [1.54, 1.807) is 24.3 Å². The predicted octanol–water partition coefficient (Wildman–Crippen LogP) is 4.35. The highest BCUT2D eigenvalue weighted by Crippen LogP contribution is 2.19. The van der Waals surface area contributed by atoms with Gasteiger partial charge in [-0.25, -0.2) is 4.79 Å². The zero-order chi connectivity index (χ0) is 18.5. The average molecular weight is 381 g/mol. The molecule has 0 radical (unpaired) electrons. The molecule has 26 heavy (non-hydrogen) atoms. The van der Waals surface area contributed by atoms with Crippen LogP contribution in [0.1, 0.15) is 16.2 Å². The summed E-state index contributed by atoms with van der Waals surface area (Å²) in [6, 6.07) is 11.9. The summed E-state index contributed by atoms with van der Waals surface area (Å²) in [7, 11) is 0. The molecule has 0 bridgehead atoms. The first kappa shape index (κ1) is 17.8. The van der Waals surface area contributed by atoms with Gasteiger partial charge in [0.2, 0.25) is 5.82 Å². The molecule has 3 rings (SSSR count). The SMILES string of the molecule is O=C(OCc1nc(-c2ccc(Cl)cc2)no1)c1ccc(OC(F)F)cc1. The number of rotatable bonds is 6. The van der Waals surface area contributed by atoms with Crippen LogP contribution >= 0.6 is 11.6 Å². The van der Waals surface area contributed by atoms with Crippen molar-refractivity contribution >= 4 is 17.6 Å². The molecule has 1 aromatic heterocycles.